The van der Waals surface area contributed by atoms with Gasteiger partial charge in [-0.25, -0.2) is 0 Å². The number of hydrogen-bond acceptors (Lipinski definition) is 2. The molecule has 0 bridgehead atoms. The normalized spacial score (nSPS) is 12.0. The Kier molecular flexibility index (Phi) is 7.54. The van der Waals surface area contributed by atoms with Crippen molar-refractivity contribution in [3.8, 4) is 0 Å². The maximum absolute atomic E-state index is 11.9. The van der Waals surface area contributed by atoms with Gasteiger partial charge in [0, 0.05) is 11.4 Å². The summed E-state index contributed by atoms with van der Waals surface area (Å²) in [5, 5.41) is 12.6. The molecule has 6 heteroatoms. The summed E-state index contributed by atoms with van der Waals surface area (Å²) in [6, 6.07) is 4.79. The van der Waals surface area contributed by atoms with Gasteiger partial charge >= 0.3 is 5.97 Å². The predicted octanol–water partition coefficient (Wildman–Crippen LogP) is 4.60. The van der Waals surface area contributed by atoms with E-state index in [0.29, 0.717) is 28.6 Å². The summed E-state index contributed by atoms with van der Waals surface area (Å²) in [5.74, 6) is -1.57. The third-order valence-corrected chi connectivity index (χ3v) is 3.73. The summed E-state index contributed by atoms with van der Waals surface area (Å²) in [5.41, 5.74) is 0.478. The Morgan fingerprint density at radius 3 is 2.57 bits per heavy atom. The van der Waals surface area contributed by atoms with Crippen LogP contribution in [0.3, 0.4) is 0 Å². The van der Waals surface area contributed by atoms with Gasteiger partial charge in [0.25, 0.3) is 0 Å². The predicted molar refractivity (Wildman–Crippen MR) is 85.0 cm³/mol. The number of amides is 1. The molecule has 0 aliphatic carbocycles. The van der Waals surface area contributed by atoms with Crippen LogP contribution in [0.25, 0.3) is 0 Å². The van der Waals surface area contributed by atoms with Crippen LogP contribution >= 0.6 is 23.2 Å². The summed E-state index contributed by atoms with van der Waals surface area (Å²) in [6.07, 6.45) is 2.87. The standard InChI is InChI=1S/C15H19Cl2NO3/c1-2-3-4-10(15(20)21)5-8-14(19)18-13-7-6-11(16)9-12(13)17/h6-7,9-10H,2-5,8H2,1H3,(H,18,19)(H,20,21). The number of halogens is 2. The lowest BCUT2D eigenvalue weighted by molar-refractivity contribution is -0.142. The van der Waals surface area contributed by atoms with Gasteiger partial charge in [-0.15, -0.1) is 0 Å². The molecule has 1 rings (SSSR count). The van der Waals surface area contributed by atoms with Gasteiger partial charge < -0.3 is 10.4 Å². The van der Waals surface area contributed by atoms with Gasteiger partial charge in [-0.3, -0.25) is 9.59 Å². The monoisotopic (exact) mass is 331 g/mol. The Morgan fingerprint density at radius 2 is 2.00 bits per heavy atom. The Hall–Kier alpha value is -1.26. The molecular formula is C15H19Cl2NO3. The minimum Gasteiger partial charge on any atom is -0.481 e. The molecule has 0 fully saturated rings. The van der Waals surface area contributed by atoms with Crippen LogP contribution in [0.2, 0.25) is 10.0 Å². The van der Waals surface area contributed by atoms with Crippen LogP contribution in [0.4, 0.5) is 5.69 Å². The molecule has 0 radical (unpaired) electrons. The summed E-state index contributed by atoms with van der Waals surface area (Å²) >= 11 is 11.7. The highest BCUT2D eigenvalue weighted by Crippen LogP contribution is 2.25. The van der Waals surface area contributed by atoms with Crippen molar-refractivity contribution in [3.63, 3.8) is 0 Å². The van der Waals surface area contributed by atoms with Crippen molar-refractivity contribution >= 4 is 40.8 Å². The molecule has 21 heavy (non-hydrogen) atoms. The number of anilines is 1. The number of carbonyl (C=O) groups is 2. The Morgan fingerprint density at radius 1 is 1.29 bits per heavy atom. The van der Waals surface area contributed by atoms with Gasteiger partial charge in [-0.2, -0.15) is 0 Å². The van der Waals surface area contributed by atoms with Crippen LogP contribution in [0.1, 0.15) is 39.0 Å². The number of carboxylic acids is 1. The van der Waals surface area contributed by atoms with Gasteiger partial charge in [0.1, 0.15) is 0 Å². The summed E-state index contributed by atoms with van der Waals surface area (Å²) < 4.78 is 0. The van der Waals surface area contributed by atoms with Crippen LogP contribution in [-0.4, -0.2) is 17.0 Å². The number of carboxylic acid groups (broad SMARTS) is 1. The van der Waals surface area contributed by atoms with Crippen molar-refractivity contribution in [1.82, 2.24) is 0 Å². The second-order valence-electron chi connectivity index (χ2n) is 4.89. The number of nitrogens with one attached hydrogen (secondary N) is 1. The molecular weight excluding hydrogens is 313 g/mol. The van der Waals surface area contributed by atoms with E-state index in [4.69, 9.17) is 28.3 Å². The number of carbonyl (C=O) groups excluding carboxylic acids is 1. The van der Waals surface area contributed by atoms with Crippen LogP contribution < -0.4 is 5.32 Å². The molecule has 2 N–H and O–H groups in total. The molecule has 0 heterocycles. The lowest BCUT2D eigenvalue weighted by Crippen LogP contribution is -2.18. The zero-order chi connectivity index (χ0) is 15.8. The van der Waals surface area contributed by atoms with E-state index in [1.807, 2.05) is 6.92 Å². The average molecular weight is 332 g/mol. The van der Waals surface area contributed by atoms with E-state index in [1.165, 1.54) is 0 Å². The lowest BCUT2D eigenvalue weighted by Gasteiger charge is -2.12. The highest BCUT2D eigenvalue weighted by Gasteiger charge is 2.18. The van der Waals surface area contributed by atoms with Gasteiger partial charge in [0.05, 0.1) is 16.6 Å². The molecule has 0 saturated carbocycles. The van der Waals surface area contributed by atoms with E-state index in [-0.39, 0.29) is 12.3 Å². The number of aliphatic carboxylic acids is 1. The van der Waals surface area contributed by atoms with Crippen molar-refractivity contribution in [3.05, 3.63) is 28.2 Å². The highest BCUT2D eigenvalue weighted by atomic mass is 35.5. The minimum atomic E-state index is -0.847. The molecule has 1 unspecified atom stereocenters. The molecule has 116 valence electrons. The van der Waals surface area contributed by atoms with Gasteiger partial charge in [-0.05, 0) is 31.0 Å². The summed E-state index contributed by atoms with van der Waals surface area (Å²) in [4.78, 5) is 23.0. The molecule has 1 aromatic carbocycles. The Balaban J connectivity index is 2.50. The first-order valence-corrected chi connectivity index (χ1v) is 7.67. The summed E-state index contributed by atoms with van der Waals surface area (Å²) in [7, 11) is 0. The lowest BCUT2D eigenvalue weighted by atomic mass is 9.97. The topological polar surface area (TPSA) is 66.4 Å². The SMILES string of the molecule is CCCCC(CCC(=O)Nc1ccc(Cl)cc1Cl)C(=O)O. The number of unbranched alkanes of at least 4 members (excludes halogenated alkanes) is 1. The zero-order valence-corrected chi connectivity index (χ0v) is 13.4. The average Bonchev–Trinajstić information content (AvgIpc) is 2.41. The Bertz CT molecular complexity index is 506. The second-order valence-corrected chi connectivity index (χ2v) is 5.73. The highest BCUT2D eigenvalue weighted by molar-refractivity contribution is 6.36. The van der Waals surface area contributed by atoms with E-state index in [2.05, 4.69) is 5.32 Å². The first kappa shape index (κ1) is 17.8. The van der Waals surface area contributed by atoms with Gasteiger partial charge in [-0.1, -0.05) is 43.0 Å². The second kappa shape index (κ2) is 8.90. The molecule has 0 aliphatic rings. The molecule has 1 aromatic rings. The van der Waals surface area contributed by atoms with Crippen molar-refractivity contribution in [2.45, 2.75) is 39.0 Å². The molecule has 0 aliphatic heterocycles. The van der Waals surface area contributed by atoms with Crippen LogP contribution in [0.5, 0.6) is 0 Å². The van der Waals surface area contributed by atoms with Crippen LogP contribution in [0, 0.1) is 5.92 Å². The van der Waals surface area contributed by atoms with Crippen LogP contribution in [0.15, 0.2) is 18.2 Å². The molecule has 1 amide bonds. The van der Waals surface area contributed by atoms with Crippen molar-refractivity contribution in [1.29, 1.82) is 0 Å². The maximum atomic E-state index is 11.9. The first-order valence-electron chi connectivity index (χ1n) is 6.91. The quantitative estimate of drug-likeness (QED) is 0.731. The van der Waals surface area contributed by atoms with E-state index in [9.17, 15) is 9.59 Å². The van der Waals surface area contributed by atoms with E-state index < -0.39 is 11.9 Å². The van der Waals surface area contributed by atoms with Gasteiger partial charge in [0.2, 0.25) is 5.91 Å². The van der Waals surface area contributed by atoms with Crippen molar-refractivity contribution < 1.29 is 14.7 Å². The molecule has 0 aromatic heterocycles. The van der Waals surface area contributed by atoms with E-state index in [1.54, 1.807) is 18.2 Å². The van der Waals surface area contributed by atoms with E-state index >= 15 is 0 Å². The Labute approximate surface area is 134 Å². The molecule has 4 nitrogen and oxygen atoms in total. The zero-order valence-electron chi connectivity index (χ0n) is 11.9. The van der Waals surface area contributed by atoms with Crippen LogP contribution in [-0.2, 0) is 9.59 Å². The molecule has 0 saturated heterocycles. The largest absolute Gasteiger partial charge is 0.481 e. The molecule has 0 spiro atoms. The smallest absolute Gasteiger partial charge is 0.306 e. The number of hydrogen-bond donors (Lipinski definition) is 2. The van der Waals surface area contributed by atoms with Crippen molar-refractivity contribution in [2.75, 3.05) is 5.32 Å². The van der Waals surface area contributed by atoms with Crippen molar-refractivity contribution in [2.24, 2.45) is 5.92 Å². The maximum Gasteiger partial charge on any atom is 0.306 e. The minimum absolute atomic E-state index is 0.152. The third kappa shape index (κ3) is 6.36. The molecule has 1 atom stereocenters. The number of rotatable bonds is 8. The third-order valence-electron chi connectivity index (χ3n) is 3.18. The van der Waals surface area contributed by atoms with E-state index in [0.717, 1.165) is 12.8 Å². The first-order chi connectivity index (χ1) is 9.93. The fourth-order valence-corrected chi connectivity index (χ4v) is 2.41. The number of benzene rings is 1. The summed E-state index contributed by atoms with van der Waals surface area (Å²) in [6.45, 7) is 2.01. The van der Waals surface area contributed by atoms with Gasteiger partial charge in [0.15, 0.2) is 0 Å². The fraction of sp³-hybridized carbons (Fsp3) is 0.467. The fourth-order valence-electron chi connectivity index (χ4n) is 1.95.